The number of nitrogens with one attached hydrogen (secondary N) is 1. The monoisotopic (exact) mass is 382 g/mol. The molecule has 2 N–H and O–H groups in total. The normalized spacial score (nSPS) is 21.8. The van der Waals surface area contributed by atoms with Crippen LogP contribution in [0.3, 0.4) is 0 Å². The van der Waals surface area contributed by atoms with Gasteiger partial charge in [-0.05, 0) is 82.4 Å². The lowest BCUT2D eigenvalue weighted by atomic mass is 9.73. The summed E-state index contributed by atoms with van der Waals surface area (Å²) >= 11 is 0. The minimum absolute atomic E-state index is 0.0854. The fourth-order valence-electron chi connectivity index (χ4n) is 4.33. The Bertz CT molecular complexity index is 678. The van der Waals surface area contributed by atoms with E-state index in [-0.39, 0.29) is 5.54 Å². The molecule has 0 unspecified atom stereocenters. The zero-order valence-electron chi connectivity index (χ0n) is 18.1. The van der Waals surface area contributed by atoms with E-state index in [0.29, 0.717) is 11.8 Å². The lowest BCUT2D eigenvalue weighted by molar-refractivity contribution is 0.0628. The van der Waals surface area contributed by atoms with Crippen molar-refractivity contribution in [1.82, 2.24) is 10.2 Å². The summed E-state index contributed by atoms with van der Waals surface area (Å²) in [6.07, 6.45) is 6.99. The van der Waals surface area contributed by atoms with Gasteiger partial charge in [-0.15, -0.1) is 0 Å². The summed E-state index contributed by atoms with van der Waals surface area (Å²) in [5, 5.41) is 13.2. The van der Waals surface area contributed by atoms with Crippen LogP contribution in [0.5, 0.6) is 5.75 Å². The van der Waals surface area contributed by atoms with Crippen molar-refractivity contribution in [3.8, 4) is 5.75 Å². The van der Waals surface area contributed by atoms with Crippen LogP contribution in [0.1, 0.15) is 57.1 Å². The number of hydrogen-bond acceptors (Lipinski definition) is 3. The molecule has 2 aromatic carbocycles. The number of phenols is 1. The molecule has 0 spiro atoms. The molecule has 154 valence electrons. The van der Waals surface area contributed by atoms with Crippen molar-refractivity contribution in [2.75, 3.05) is 20.6 Å². The summed E-state index contributed by atoms with van der Waals surface area (Å²) in [4.78, 5) is 2.49. The van der Waals surface area contributed by atoms with Gasteiger partial charge in [-0.3, -0.25) is 4.90 Å². The van der Waals surface area contributed by atoms with E-state index in [1.165, 1.54) is 24.0 Å². The van der Waals surface area contributed by atoms with Gasteiger partial charge in [0.1, 0.15) is 5.75 Å². The fourth-order valence-corrected chi connectivity index (χ4v) is 4.33. The van der Waals surface area contributed by atoms with Crippen LogP contribution in [0.15, 0.2) is 54.6 Å². The molecule has 0 radical (unpaired) electrons. The highest BCUT2D eigenvalue weighted by Gasteiger charge is 2.39. The smallest absolute Gasteiger partial charge is 0.115 e. The maximum absolute atomic E-state index is 9.84. The van der Waals surface area contributed by atoms with Crippen LogP contribution < -0.4 is 5.32 Å². The van der Waals surface area contributed by atoms with Gasteiger partial charge in [0.05, 0.1) is 0 Å². The second-order valence-electron chi connectivity index (χ2n) is 7.91. The van der Waals surface area contributed by atoms with E-state index >= 15 is 0 Å². The van der Waals surface area contributed by atoms with E-state index in [2.05, 4.69) is 68.5 Å². The van der Waals surface area contributed by atoms with Gasteiger partial charge in [-0.2, -0.15) is 0 Å². The maximum atomic E-state index is 9.84. The third-order valence-electron chi connectivity index (χ3n) is 6.15. The average molecular weight is 383 g/mol. The van der Waals surface area contributed by atoms with Crippen molar-refractivity contribution < 1.29 is 5.11 Å². The van der Waals surface area contributed by atoms with E-state index in [0.717, 1.165) is 32.2 Å². The van der Waals surface area contributed by atoms with Crippen molar-refractivity contribution in [3.63, 3.8) is 0 Å². The van der Waals surface area contributed by atoms with Gasteiger partial charge in [0.15, 0.2) is 0 Å². The van der Waals surface area contributed by atoms with E-state index < -0.39 is 0 Å². The minimum atomic E-state index is 0.0854. The van der Waals surface area contributed by atoms with Crippen LogP contribution in [0.25, 0.3) is 0 Å². The van der Waals surface area contributed by atoms with E-state index in [4.69, 9.17) is 0 Å². The van der Waals surface area contributed by atoms with E-state index in [1.807, 2.05) is 18.2 Å². The van der Waals surface area contributed by atoms with Gasteiger partial charge < -0.3 is 10.4 Å². The van der Waals surface area contributed by atoms with Crippen molar-refractivity contribution in [3.05, 3.63) is 65.7 Å². The SMILES string of the molecule is CCCN(C)C1(c2cccc(O)c2)CCC(NC)CC1.CCc1ccccc1. The molecule has 0 aliphatic heterocycles. The number of phenolic OH excluding ortho intramolecular Hbond substituents is 1. The highest BCUT2D eigenvalue weighted by molar-refractivity contribution is 5.33. The molecule has 3 nitrogen and oxygen atoms in total. The van der Waals surface area contributed by atoms with Gasteiger partial charge in [0, 0.05) is 11.6 Å². The molecule has 2 aromatic rings. The van der Waals surface area contributed by atoms with Crippen molar-refractivity contribution in [2.24, 2.45) is 0 Å². The summed E-state index contributed by atoms with van der Waals surface area (Å²) in [5.41, 5.74) is 2.76. The first kappa shape index (κ1) is 22.4. The first-order valence-corrected chi connectivity index (χ1v) is 10.8. The number of rotatable bonds is 6. The van der Waals surface area contributed by atoms with Crippen LogP contribution in [-0.4, -0.2) is 36.7 Å². The number of nitrogens with zero attached hydrogens (tertiary/aromatic N) is 1. The molecule has 0 saturated heterocycles. The first-order chi connectivity index (χ1) is 13.6. The first-order valence-electron chi connectivity index (χ1n) is 10.8. The molecular formula is C25H38N2O. The molecule has 3 heteroatoms. The van der Waals surface area contributed by atoms with Crippen LogP contribution >= 0.6 is 0 Å². The number of aryl methyl sites for hydroxylation is 1. The molecule has 1 aliphatic carbocycles. The maximum Gasteiger partial charge on any atom is 0.115 e. The van der Waals surface area contributed by atoms with Crippen LogP contribution in [0.2, 0.25) is 0 Å². The molecule has 0 atom stereocenters. The summed E-state index contributed by atoms with van der Waals surface area (Å²) in [6, 6.07) is 18.9. The molecule has 1 saturated carbocycles. The Balaban J connectivity index is 0.000000292. The molecule has 0 bridgehead atoms. The van der Waals surface area contributed by atoms with E-state index in [9.17, 15) is 5.11 Å². The Hall–Kier alpha value is -1.84. The second kappa shape index (κ2) is 11.2. The van der Waals surface area contributed by atoms with Crippen LogP contribution in [-0.2, 0) is 12.0 Å². The highest BCUT2D eigenvalue weighted by Crippen LogP contribution is 2.42. The van der Waals surface area contributed by atoms with Crippen molar-refractivity contribution in [1.29, 1.82) is 0 Å². The molecule has 1 fully saturated rings. The third kappa shape index (κ3) is 5.83. The Morgan fingerprint density at radius 1 is 1.04 bits per heavy atom. The zero-order valence-corrected chi connectivity index (χ0v) is 18.1. The molecule has 3 rings (SSSR count). The lowest BCUT2D eigenvalue weighted by Crippen LogP contribution is -2.49. The topological polar surface area (TPSA) is 35.5 Å². The molecule has 0 heterocycles. The molecular weight excluding hydrogens is 344 g/mol. The summed E-state index contributed by atoms with van der Waals surface area (Å²) in [6.45, 7) is 5.49. The second-order valence-corrected chi connectivity index (χ2v) is 7.91. The fraction of sp³-hybridized carbons (Fsp3) is 0.520. The summed E-state index contributed by atoms with van der Waals surface area (Å²) in [7, 11) is 4.29. The highest BCUT2D eigenvalue weighted by atomic mass is 16.3. The quantitative estimate of drug-likeness (QED) is 0.708. The standard InChI is InChI=1S/C17H28N2O.C8H10/c1-4-12-19(3)17(10-8-15(18-2)9-11-17)14-6-5-7-16(20)13-14;1-2-8-6-4-3-5-7-8/h5-7,13,15,18,20H,4,8-12H2,1-3H3;3-7H,2H2,1H3. The largest absolute Gasteiger partial charge is 0.508 e. The van der Waals surface area contributed by atoms with Crippen molar-refractivity contribution >= 4 is 0 Å². The Morgan fingerprint density at radius 3 is 2.21 bits per heavy atom. The van der Waals surface area contributed by atoms with Gasteiger partial charge >= 0.3 is 0 Å². The van der Waals surface area contributed by atoms with Crippen LogP contribution in [0.4, 0.5) is 0 Å². The number of benzene rings is 2. The summed E-state index contributed by atoms with van der Waals surface area (Å²) in [5.74, 6) is 0.377. The zero-order chi connectivity index (χ0) is 20.4. The summed E-state index contributed by atoms with van der Waals surface area (Å²) < 4.78 is 0. The Labute approximate surface area is 171 Å². The minimum Gasteiger partial charge on any atom is -0.508 e. The van der Waals surface area contributed by atoms with Crippen molar-refractivity contribution in [2.45, 2.75) is 64.0 Å². The molecule has 0 aromatic heterocycles. The van der Waals surface area contributed by atoms with Gasteiger partial charge in [-0.25, -0.2) is 0 Å². The molecule has 1 aliphatic rings. The van der Waals surface area contributed by atoms with Gasteiger partial charge in [0.25, 0.3) is 0 Å². The van der Waals surface area contributed by atoms with Gasteiger partial charge in [0.2, 0.25) is 0 Å². The van der Waals surface area contributed by atoms with Gasteiger partial charge in [-0.1, -0.05) is 56.3 Å². The molecule has 0 amide bonds. The van der Waals surface area contributed by atoms with Crippen LogP contribution in [0, 0.1) is 0 Å². The number of hydrogen-bond donors (Lipinski definition) is 2. The predicted molar refractivity (Wildman–Crippen MR) is 120 cm³/mol. The molecule has 28 heavy (non-hydrogen) atoms. The average Bonchev–Trinajstić information content (AvgIpc) is 2.75. The lowest BCUT2D eigenvalue weighted by Gasteiger charge is -2.47. The van der Waals surface area contributed by atoms with E-state index in [1.54, 1.807) is 6.07 Å². The number of aromatic hydroxyl groups is 1. The predicted octanol–water partition coefficient (Wildman–Crippen LogP) is 5.34. The Morgan fingerprint density at radius 2 is 1.71 bits per heavy atom. The third-order valence-corrected chi connectivity index (χ3v) is 6.15. The Kier molecular flexibility index (Phi) is 9.01.